The maximum atomic E-state index is 3.27. The Morgan fingerprint density at radius 1 is 1.71 bits per heavy atom. The number of hydrogen-bond acceptors (Lipinski definition) is 2. The van der Waals surface area contributed by atoms with Gasteiger partial charge in [-0.1, -0.05) is 0 Å². The molecule has 1 aliphatic heterocycles. The van der Waals surface area contributed by atoms with Crippen LogP contribution in [-0.2, 0) is 0 Å². The summed E-state index contributed by atoms with van der Waals surface area (Å²) >= 11 is 0. The Hall–Kier alpha value is -0.0800. The molecule has 1 aliphatic rings. The molecule has 1 heterocycles. The van der Waals surface area contributed by atoms with Gasteiger partial charge in [0.15, 0.2) is 0 Å². The molecule has 0 aromatic rings. The Bertz CT molecular complexity index is 63.1. The average molecular weight is 100 g/mol. The minimum Gasteiger partial charge on any atom is -0.318 e. The fourth-order valence-electron chi connectivity index (χ4n) is 0.738. The molecule has 1 rings (SSSR count). The van der Waals surface area contributed by atoms with Gasteiger partial charge in [0.2, 0.25) is 0 Å². The van der Waals surface area contributed by atoms with Gasteiger partial charge in [0, 0.05) is 18.6 Å². The quantitative estimate of drug-likeness (QED) is 0.461. The second-order valence-electron chi connectivity index (χ2n) is 2.12. The van der Waals surface area contributed by atoms with Crippen molar-refractivity contribution in [2.24, 2.45) is 0 Å². The van der Waals surface area contributed by atoms with Crippen LogP contribution in [0.5, 0.6) is 0 Å². The molecule has 42 valence electrons. The maximum absolute atomic E-state index is 3.27. The number of rotatable bonds is 2. The van der Waals surface area contributed by atoms with E-state index in [9.17, 15) is 0 Å². The summed E-state index contributed by atoms with van der Waals surface area (Å²) in [5, 5.41) is 6.37. The van der Waals surface area contributed by atoms with Crippen molar-refractivity contribution in [3.63, 3.8) is 0 Å². The number of nitrogens with one attached hydrogen (secondary N) is 2. The summed E-state index contributed by atoms with van der Waals surface area (Å²) in [6, 6.07) is 1.51. The van der Waals surface area contributed by atoms with Crippen LogP contribution in [0.3, 0.4) is 0 Å². The van der Waals surface area contributed by atoms with Gasteiger partial charge in [-0.2, -0.15) is 0 Å². The van der Waals surface area contributed by atoms with Crippen molar-refractivity contribution in [3.05, 3.63) is 0 Å². The van der Waals surface area contributed by atoms with Crippen molar-refractivity contribution in [1.29, 1.82) is 0 Å². The second-order valence-corrected chi connectivity index (χ2v) is 2.12. The van der Waals surface area contributed by atoms with E-state index in [0.29, 0.717) is 0 Å². The molecular weight excluding hydrogens is 88.1 g/mol. The van der Waals surface area contributed by atoms with Gasteiger partial charge in [-0.05, 0) is 14.0 Å². The second kappa shape index (κ2) is 1.80. The largest absolute Gasteiger partial charge is 0.318 e. The number of hydrogen-bond donors (Lipinski definition) is 2. The van der Waals surface area contributed by atoms with Crippen LogP contribution < -0.4 is 10.6 Å². The SMILES string of the molecule is CNCC1NC1C. The van der Waals surface area contributed by atoms with E-state index in [4.69, 9.17) is 0 Å². The first kappa shape index (κ1) is 5.06. The molecule has 0 aromatic carbocycles. The number of likely N-dealkylation sites (N-methyl/N-ethyl adjacent to an activating group) is 1. The van der Waals surface area contributed by atoms with E-state index in [1.807, 2.05) is 7.05 Å². The molecule has 7 heavy (non-hydrogen) atoms. The molecule has 0 bridgehead atoms. The van der Waals surface area contributed by atoms with Gasteiger partial charge >= 0.3 is 0 Å². The van der Waals surface area contributed by atoms with E-state index in [0.717, 1.165) is 18.6 Å². The molecular formula is C5H12N2. The smallest absolute Gasteiger partial charge is 0.0346 e. The molecule has 2 unspecified atom stereocenters. The van der Waals surface area contributed by atoms with E-state index in [1.165, 1.54) is 0 Å². The third-order valence-electron chi connectivity index (χ3n) is 1.40. The summed E-state index contributed by atoms with van der Waals surface area (Å²) in [6.45, 7) is 3.31. The molecule has 2 N–H and O–H groups in total. The molecule has 0 spiro atoms. The first-order chi connectivity index (χ1) is 3.34. The van der Waals surface area contributed by atoms with Crippen LogP contribution in [0.25, 0.3) is 0 Å². The molecule has 0 amide bonds. The Kier molecular flexibility index (Phi) is 1.30. The fraction of sp³-hybridized carbons (Fsp3) is 1.00. The van der Waals surface area contributed by atoms with Gasteiger partial charge in [-0.15, -0.1) is 0 Å². The molecule has 0 aromatic heterocycles. The van der Waals surface area contributed by atoms with Crippen molar-refractivity contribution in [3.8, 4) is 0 Å². The van der Waals surface area contributed by atoms with Crippen LogP contribution in [0.15, 0.2) is 0 Å². The van der Waals surface area contributed by atoms with E-state index in [-0.39, 0.29) is 0 Å². The highest BCUT2D eigenvalue weighted by atomic mass is 15.2. The summed E-state index contributed by atoms with van der Waals surface area (Å²) in [4.78, 5) is 0. The highest BCUT2D eigenvalue weighted by Gasteiger charge is 2.29. The van der Waals surface area contributed by atoms with Crippen LogP contribution in [0.1, 0.15) is 6.92 Å². The summed E-state index contributed by atoms with van der Waals surface area (Å²) in [7, 11) is 1.98. The lowest BCUT2D eigenvalue weighted by atomic mass is 10.3. The van der Waals surface area contributed by atoms with Gasteiger partial charge in [-0.25, -0.2) is 0 Å². The molecule has 1 fully saturated rings. The Labute approximate surface area is 44.3 Å². The zero-order valence-electron chi connectivity index (χ0n) is 4.86. The molecule has 0 radical (unpaired) electrons. The third-order valence-corrected chi connectivity index (χ3v) is 1.40. The van der Waals surface area contributed by atoms with E-state index >= 15 is 0 Å². The van der Waals surface area contributed by atoms with Gasteiger partial charge in [-0.3, -0.25) is 0 Å². The topological polar surface area (TPSA) is 34.0 Å². The van der Waals surface area contributed by atoms with Crippen molar-refractivity contribution < 1.29 is 0 Å². The first-order valence-electron chi connectivity index (χ1n) is 2.75. The normalized spacial score (nSPS) is 38.6. The molecule has 0 saturated carbocycles. The molecule has 2 atom stereocenters. The van der Waals surface area contributed by atoms with Gasteiger partial charge < -0.3 is 10.6 Å². The summed E-state index contributed by atoms with van der Waals surface area (Å²) in [5.41, 5.74) is 0. The van der Waals surface area contributed by atoms with Crippen molar-refractivity contribution in [1.82, 2.24) is 10.6 Å². The zero-order valence-corrected chi connectivity index (χ0v) is 4.86. The Morgan fingerprint density at radius 2 is 2.29 bits per heavy atom. The molecule has 0 aliphatic carbocycles. The van der Waals surface area contributed by atoms with Crippen molar-refractivity contribution in [2.45, 2.75) is 19.0 Å². The lowest BCUT2D eigenvalue weighted by molar-refractivity contribution is 0.766. The summed E-state index contributed by atoms with van der Waals surface area (Å²) < 4.78 is 0. The molecule has 2 heteroatoms. The maximum Gasteiger partial charge on any atom is 0.0346 e. The van der Waals surface area contributed by atoms with Crippen LogP contribution in [-0.4, -0.2) is 25.7 Å². The van der Waals surface area contributed by atoms with E-state index in [1.54, 1.807) is 0 Å². The Morgan fingerprint density at radius 3 is 2.43 bits per heavy atom. The van der Waals surface area contributed by atoms with Crippen LogP contribution in [0, 0.1) is 0 Å². The van der Waals surface area contributed by atoms with Gasteiger partial charge in [0.05, 0.1) is 0 Å². The summed E-state index contributed by atoms with van der Waals surface area (Å²) in [5.74, 6) is 0. The van der Waals surface area contributed by atoms with Crippen molar-refractivity contribution in [2.75, 3.05) is 13.6 Å². The molecule has 1 saturated heterocycles. The van der Waals surface area contributed by atoms with E-state index in [2.05, 4.69) is 17.6 Å². The highest BCUT2D eigenvalue weighted by Crippen LogP contribution is 2.06. The minimum absolute atomic E-state index is 0.755. The predicted octanol–water partition coefficient (Wildman–Crippen LogP) is -0.434. The van der Waals surface area contributed by atoms with Gasteiger partial charge in [0.25, 0.3) is 0 Å². The summed E-state index contributed by atoms with van der Waals surface area (Å²) in [6.07, 6.45) is 0. The highest BCUT2D eigenvalue weighted by molar-refractivity contribution is 4.95. The first-order valence-corrected chi connectivity index (χ1v) is 2.75. The van der Waals surface area contributed by atoms with Gasteiger partial charge in [0.1, 0.15) is 0 Å². The minimum atomic E-state index is 0.755. The zero-order chi connectivity index (χ0) is 5.28. The lowest BCUT2D eigenvalue weighted by Gasteiger charge is -1.88. The lowest BCUT2D eigenvalue weighted by Crippen LogP contribution is -2.15. The van der Waals surface area contributed by atoms with Crippen molar-refractivity contribution >= 4 is 0 Å². The monoisotopic (exact) mass is 100 g/mol. The van der Waals surface area contributed by atoms with Crippen LogP contribution in [0.2, 0.25) is 0 Å². The standard InChI is InChI=1S/C5H12N2/c1-4-5(7-4)3-6-2/h4-7H,3H2,1-2H3. The predicted molar refractivity (Wildman–Crippen MR) is 30.3 cm³/mol. The van der Waals surface area contributed by atoms with Crippen LogP contribution >= 0.6 is 0 Å². The van der Waals surface area contributed by atoms with E-state index < -0.39 is 0 Å². The fourth-order valence-corrected chi connectivity index (χ4v) is 0.738. The van der Waals surface area contributed by atoms with Crippen LogP contribution in [0.4, 0.5) is 0 Å². The third kappa shape index (κ3) is 1.14. The molecule has 2 nitrogen and oxygen atoms in total. The average Bonchev–Trinajstić information content (AvgIpc) is 2.22. The Balaban J connectivity index is 1.98.